The van der Waals surface area contributed by atoms with Crippen molar-refractivity contribution in [1.29, 1.82) is 0 Å². The highest BCUT2D eigenvalue weighted by molar-refractivity contribution is 5.86. The lowest BCUT2D eigenvalue weighted by atomic mass is 10.2. The highest BCUT2D eigenvalue weighted by Crippen LogP contribution is 2.07. The van der Waals surface area contributed by atoms with E-state index in [2.05, 4.69) is 9.72 Å². The standard InChI is InChI=1S/C10H9F2NO2/c1-2-15-9(14)6-4-7-3-5-8(11)13-10(7)12/h3-6H,2H2,1H3. The number of carbonyl (C=O) groups is 1. The fourth-order valence-corrected chi connectivity index (χ4v) is 0.895. The number of ether oxygens (including phenoxy) is 1. The van der Waals surface area contributed by atoms with Gasteiger partial charge in [-0.25, -0.2) is 4.79 Å². The highest BCUT2D eigenvalue weighted by Gasteiger charge is 2.02. The van der Waals surface area contributed by atoms with E-state index in [9.17, 15) is 13.6 Å². The summed E-state index contributed by atoms with van der Waals surface area (Å²) in [4.78, 5) is 13.8. The van der Waals surface area contributed by atoms with Crippen molar-refractivity contribution in [1.82, 2.24) is 4.98 Å². The molecule has 0 aliphatic heterocycles. The van der Waals surface area contributed by atoms with Crippen LogP contribution in [0.5, 0.6) is 0 Å². The summed E-state index contributed by atoms with van der Waals surface area (Å²) in [6.45, 7) is 1.90. The Morgan fingerprint density at radius 3 is 2.87 bits per heavy atom. The maximum Gasteiger partial charge on any atom is 0.330 e. The van der Waals surface area contributed by atoms with E-state index in [4.69, 9.17) is 0 Å². The van der Waals surface area contributed by atoms with Crippen molar-refractivity contribution in [2.45, 2.75) is 6.92 Å². The molecule has 0 aliphatic carbocycles. The van der Waals surface area contributed by atoms with Gasteiger partial charge < -0.3 is 4.74 Å². The molecule has 1 heterocycles. The molecule has 15 heavy (non-hydrogen) atoms. The molecule has 0 aromatic carbocycles. The Morgan fingerprint density at radius 2 is 2.27 bits per heavy atom. The van der Waals surface area contributed by atoms with E-state index in [1.807, 2.05) is 0 Å². The minimum atomic E-state index is -0.962. The largest absolute Gasteiger partial charge is 0.463 e. The second kappa shape index (κ2) is 5.19. The first-order valence-corrected chi connectivity index (χ1v) is 4.30. The lowest BCUT2D eigenvalue weighted by Crippen LogP contribution is -1.99. The van der Waals surface area contributed by atoms with Crippen LogP contribution in [-0.4, -0.2) is 17.6 Å². The van der Waals surface area contributed by atoms with Gasteiger partial charge in [0.25, 0.3) is 0 Å². The maximum absolute atomic E-state index is 12.9. The number of pyridine rings is 1. The summed E-state index contributed by atoms with van der Waals surface area (Å²) in [5.41, 5.74) is 0.0319. The van der Waals surface area contributed by atoms with Crippen molar-refractivity contribution in [3.63, 3.8) is 0 Å². The first-order valence-electron chi connectivity index (χ1n) is 4.30. The summed E-state index contributed by atoms with van der Waals surface area (Å²) in [5.74, 6) is -2.45. The Morgan fingerprint density at radius 1 is 1.53 bits per heavy atom. The van der Waals surface area contributed by atoms with Crippen molar-refractivity contribution < 1.29 is 18.3 Å². The lowest BCUT2D eigenvalue weighted by Gasteiger charge is -1.96. The summed E-state index contributed by atoms with van der Waals surface area (Å²) < 4.78 is 29.9. The molecule has 0 bridgehead atoms. The molecule has 0 amide bonds. The Hall–Kier alpha value is -1.78. The lowest BCUT2D eigenvalue weighted by molar-refractivity contribution is -0.137. The molecule has 0 atom stereocenters. The van der Waals surface area contributed by atoms with E-state index in [0.29, 0.717) is 0 Å². The van der Waals surface area contributed by atoms with Crippen LogP contribution in [0.4, 0.5) is 8.78 Å². The fourth-order valence-electron chi connectivity index (χ4n) is 0.895. The van der Waals surface area contributed by atoms with E-state index >= 15 is 0 Å². The maximum atomic E-state index is 12.9. The van der Waals surface area contributed by atoms with Gasteiger partial charge in [-0.2, -0.15) is 13.8 Å². The Kier molecular flexibility index (Phi) is 3.91. The van der Waals surface area contributed by atoms with Gasteiger partial charge >= 0.3 is 5.97 Å². The fraction of sp³-hybridized carbons (Fsp3) is 0.200. The zero-order valence-corrected chi connectivity index (χ0v) is 8.04. The van der Waals surface area contributed by atoms with Crippen LogP contribution in [-0.2, 0) is 9.53 Å². The van der Waals surface area contributed by atoms with Gasteiger partial charge in [-0.3, -0.25) is 0 Å². The van der Waals surface area contributed by atoms with Gasteiger partial charge in [-0.15, -0.1) is 0 Å². The third-order valence-electron chi connectivity index (χ3n) is 1.53. The molecule has 3 nitrogen and oxygen atoms in total. The van der Waals surface area contributed by atoms with Crippen molar-refractivity contribution >= 4 is 12.0 Å². The third-order valence-corrected chi connectivity index (χ3v) is 1.53. The second-order valence-corrected chi connectivity index (χ2v) is 2.60. The van der Waals surface area contributed by atoms with Crippen molar-refractivity contribution in [3.8, 4) is 0 Å². The number of halogens is 2. The zero-order valence-electron chi connectivity index (χ0n) is 8.04. The van der Waals surface area contributed by atoms with Gasteiger partial charge in [0, 0.05) is 11.6 Å². The molecular formula is C10H9F2NO2. The van der Waals surface area contributed by atoms with E-state index in [-0.39, 0.29) is 12.2 Å². The van der Waals surface area contributed by atoms with Gasteiger partial charge in [-0.05, 0) is 25.1 Å². The molecule has 0 N–H and O–H groups in total. The van der Waals surface area contributed by atoms with E-state index < -0.39 is 17.9 Å². The molecule has 0 saturated heterocycles. The topological polar surface area (TPSA) is 39.2 Å². The molecule has 0 saturated carbocycles. The van der Waals surface area contributed by atoms with Crippen LogP contribution in [0, 0.1) is 11.9 Å². The van der Waals surface area contributed by atoms with Gasteiger partial charge in [-0.1, -0.05) is 0 Å². The number of esters is 1. The molecule has 0 aliphatic rings. The molecule has 1 aromatic heterocycles. The van der Waals surface area contributed by atoms with E-state index in [1.54, 1.807) is 6.92 Å². The highest BCUT2D eigenvalue weighted by atomic mass is 19.1. The molecule has 5 heteroatoms. The van der Waals surface area contributed by atoms with Crippen LogP contribution in [0.3, 0.4) is 0 Å². The van der Waals surface area contributed by atoms with Crippen LogP contribution in [0.15, 0.2) is 18.2 Å². The van der Waals surface area contributed by atoms with Gasteiger partial charge in [0.15, 0.2) is 0 Å². The Balaban J connectivity index is 2.76. The number of aromatic nitrogens is 1. The number of nitrogens with zero attached hydrogens (tertiary/aromatic N) is 1. The minimum Gasteiger partial charge on any atom is -0.463 e. The van der Waals surface area contributed by atoms with E-state index in [1.165, 1.54) is 12.1 Å². The van der Waals surface area contributed by atoms with Crippen LogP contribution in [0.2, 0.25) is 0 Å². The molecule has 1 rings (SSSR count). The van der Waals surface area contributed by atoms with Gasteiger partial charge in [0.05, 0.1) is 6.61 Å². The van der Waals surface area contributed by atoms with Crippen LogP contribution in [0.1, 0.15) is 12.5 Å². The van der Waals surface area contributed by atoms with Crippen molar-refractivity contribution in [3.05, 3.63) is 35.7 Å². The van der Waals surface area contributed by atoms with Crippen LogP contribution < -0.4 is 0 Å². The third kappa shape index (κ3) is 3.46. The van der Waals surface area contributed by atoms with Gasteiger partial charge in [0.2, 0.25) is 11.9 Å². The average Bonchev–Trinajstić information content (AvgIpc) is 2.17. The number of rotatable bonds is 3. The quantitative estimate of drug-likeness (QED) is 0.437. The minimum absolute atomic E-state index is 0.0319. The van der Waals surface area contributed by atoms with Crippen LogP contribution >= 0.6 is 0 Å². The van der Waals surface area contributed by atoms with Crippen LogP contribution in [0.25, 0.3) is 6.08 Å². The Labute approximate surface area is 85.4 Å². The summed E-state index contributed by atoms with van der Waals surface area (Å²) in [6, 6.07) is 2.20. The number of carbonyl (C=O) groups excluding carboxylic acids is 1. The molecule has 0 radical (unpaired) electrons. The molecule has 80 valence electrons. The monoisotopic (exact) mass is 213 g/mol. The number of hydrogen-bond donors (Lipinski definition) is 0. The molecule has 0 spiro atoms. The molecular weight excluding hydrogens is 204 g/mol. The SMILES string of the molecule is CCOC(=O)C=Cc1ccc(F)nc1F. The first kappa shape index (κ1) is 11.3. The van der Waals surface area contributed by atoms with Crippen molar-refractivity contribution in [2.75, 3.05) is 6.61 Å². The Bertz CT molecular complexity index is 391. The molecule has 1 aromatic rings. The molecule has 0 unspecified atom stereocenters. The smallest absolute Gasteiger partial charge is 0.330 e. The summed E-state index contributed by atoms with van der Waals surface area (Å²) in [6.07, 6.45) is 2.24. The van der Waals surface area contributed by atoms with Gasteiger partial charge in [0.1, 0.15) is 0 Å². The molecule has 0 fully saturated rings. The predicted octanol–water partition coefficient (Wildman–Crippen LogP) is 1.94. The second-order valence-electron chi connectivity index (χ2n) is 2.60. The summed E-state index contributed by atoms with van der Waals surface area (Å²) in [7, 11) is 0. The van der Waals surface area contributed by atoms with E-state index in [0.717, 1.165) is 12.1 Å². The first-order chi connectivity index (χ1) is 7.13. The predicted molar refractivity (Wildman–Crippen MR) is 49.8 cm³/mol. The summed E-state index contributed by atoms with van der Waals surface area (Å²) in [5, 5.41) is 0. The normalized spacial score (nSPS) is 10.6. The zero-order chi connectivity index (χ0) is 11.3. The summed E-state index contributed by atoms with van der Waals surface area (Å²) >= 11 is 0. The van der Waals surface area contributed by atoms with Crippen molar-refractivity contribution in [2.24, 2.45) is 0 Å². The number of hydrogen-bond acceptors (Lipinski definition) is 3. The average molecular weight is 213 g/mol.